The van der Waals surface area contributed by atoms with Gasteiger partial charge >= 0.3 is 0 Å². The molecule has 1 aliphatic rings. The van der Waals surface area contributed by atoms with Crippen LogP contribution in [0.1, 0.15) is 12.5 Å². The summed E-state index contributed by atoms with van der Waals surface area (Å²) in [6, 6.07) is 17.0. The third kappa shape index (κ3) is 3.01. The molecule has 6 heteroatoms. The van der Waals surface area contributed by atoms with Gasteiger partial charge in [-0.3, -0.25) is 9.59 Å². The smallest absolute Gasteiger partial charge is 0.280 e. The van der Waals surface area contributed by atoms with Crippen molar-refractivity contribution in [2.24, 2.45) is 10.8 Å². The van der Waals surface area contributed by atoms with Crippen LogP contribution in [-0.4, -0.2) is 22.1 Å². The van der Waals surface area contributed by atoms with Gasteiger partial charge in [-0.1, -0.05) is 36.4 Å². The molecule has 0 unspecified atom stereocenters. The van der Waals surface area contributed by atoms with Crippen molar-refractivity contribution >= 4 is 40.2 Å². The van der Waals surface area contributed by atoms with Crippen LogP contribution in [0.2, 0.25) is 0 Å². The summed E-state index contributed by atoms with van der Waals surface area (Å²) in [5.41, 5.74) is 9.00. The molecule has 0 aliphatic carbocycles. The van der Waals surface area contributed by atoms with Gasteiger partial charge in [0.2, 0.25) is 5.91 Å². The predicted octanol–water partition coefficient (Wildman–Crippen LogP) is 2.93. The van der Waals surface area contributed by atoms with Gasteiger partial charge in [0.05, 0.1) is 17.0 Å². The van der Waals surface area contributed by atoms with Crippen LogP contribution in [0.3, 0.4) is 0 Å². The van der Waals surface area contributed by atoms with E-state index in [9.17, 15) is 9.59 Å². The van der Waals surface area contributed by atoms with Crippen LogP contribution in [0.25, 0.3) is 17.0 Å². The van der Waals surface area contributed by atoms with Crippen LogP contribution in [0.4, 0.5) is 5.69 Å². The van der Waals surface area contributed by atoms with Crippen LogP contribution in [-0.2, 0) is 16.1 Å². The SMILES string of the molecule is CC1=NN(c2ccccc2)C(=O)/C1=C/c1cn(CC(N)=O)c2ccccc12. The van der Waals surface area contributed by atoms with E-state index in [0.717, 1.165) is 22.2 Å². The van der Waals surface area contributed by atoms with Crippen LogP contribution >= 0.6 is 0 Å². The van der Waals surface area contributed by atoms with Gasteiger partial charge in [0.15, 0.2) is 0 Å². The fraction of sp³-hybridized carbons (Fsp3) is 0.0952. The van der Waals surface area contributed by atoms with E-state index >= 15 is 0 Å². The Balaban J connectivity index is 1.77. The molecule has 0 atom stereocenters. The zero-order chi connectivity index (χ0) is 19.0. The number of carbonyl (C=O) groups is 2. The number of carbonyl (C=O) groups excluding carboxylic acids is 2. The maximum Gasteiger partial charge on any atom is 0.280 e. The van der Waals surface area contributed by atoms with Crippen molar-refractivity contribution in [1.29, 1.82) is 0 Å². The summed E-state index contributed by atoms with van der Waals surface area (Å²) in [6.45, 7) is 1.90. The minimum absolute atomic E-state index is 0.0842. The Morgan fingerprint density at radius 3 is 2.56 bits per heavy atom. The standard InChI is InChI=1S/C21H18N4O2/c1-14-18(21(27)25(23-14)16-7-3-2-4-8-16)11-15-12-24(13-20(22)26)19-10-6-5-9-17(15)19/h2-12H,13H2,1H3,(H2,22,26)/b18-11+. The molecule has 2 N–H and O–H groups in total. The zero-order valence-electron chi connectivity index (χ0n) is 14.8. The van der Waals surface area contributed by atoms with E-state index in [-0.39, 0.29) is 12.5 Å². The minimum atomic E-state index is -0.417. The second-order valence-electron chi connectivity index (χ2n) is 6.39. The molecule has 0 radical (unpaired) electrons. The Bertz CT molecular complexity index is 1110. The lowest BCUT2D eigenvalue weighted by Gasteiger charge is -2.10. The molecule has 2 amide bonds. The van der Waals surface area contributed by atoms with Crippen molar-refractivity contribution < 1.29 is 9.59 Å². The second-order valence-corrected chi connectivity index (χ2v) is 6.39. The molecule has 27 heavy (non-hydrogen) atoms. The van der Waals surface area contributed by atoms with Gasteiger partial charge in [-0.2, -0.15) is 10.1 Å². The molecule has 4 rings (SSSR count). The molecule has 2 aromatic carbocycles. The molecule has 0 saturated heterocycles. The number of nitrogens with two attached hydrogens (primary N) is 1. The summed E-state index contributed by atoms with van der Waals surface area (Å²) < 4.78 is 1.80. The normalized spacial score (nSPS) is 15.6. The molecule has 0 saturated carbocycles. The number of aromatic nitrogens is 1. The van der Waals surface area contributed by atoms with Crippen LogP contribution < -0.4 is 10.7 Å². The average Bonchev–Trinajstić information content (AvgIpc) is 3.15. The Labute approximate surface area is 156 Å². The van der Waals surface area contributed by atoms with Crippen molar-refractivity contribution in [2.75, 3.05) is 5.01 Å². The molecular weight excluding hydrogens is 340 g/mol. The van der Waals surface area contributed by atoms with E-state index in [1.807, 2.05) is 73.8 Å². The summed E-state index contributed by atoms with van der Waals surface area (Å²) in [7, 11) is 0. The van der Waals surface area contributed by atoms with Gasteiger partial charge in [0, 0.05) is 22.7 Å². The molecule has 1 aromatic heterocycles. The fourth-order valence-electron chi connectivity index (χ4n) is 3.27. The molecule has 3 aromatic rings. The van der Waals surface area contributed by atoms with E-state index in [4.69, 9.17) is 5.73 Å². The second kappa shape index (κ2) is 6.57. The first-order chi connectivity index (χ1) is 13.0. The lowest BCUT2D eigenvalue weighted by Crippen LogP contribution is -2.21. The highest BCUT2D eigenvalue weighted by atomic mass is 16.2. The maximum atomic E-state index is 12.9. The number of nitrogens with zero attached hydrogens (tertiary/aromatic N) is 3. The number of hydrogen-bond acceptors (Lipinski definition) is 3. The van der Waals surface area contributed by atoms with Crippen molar-refractivity contribution in [3.8, 4) is 0 Å². The third-order valence-corrected chi connectivity index (χ3v) is 4.51. The average molecular weight is 358 g/mol. The van der Waals surface area contributed by atoms with Gasteiger partial charge in [0.25, 0.3) is 5.91 Å². The number of benzene rings is 2. The Morgan fingerprint density at radius 1 is 1.11 bits per heavy atom. The van der Waals surface area contributed by atoms with E-state index in [0.29, 0.717) is 11.3 Å². The number of fused-ring (bicyclic) bond motifs is 1. The largest absolute Gasteiger partial charge is 0.368 e. The van der Waals surface area contributed by atoms with E-state index < -0.39 is 5.91 Å². The minimum Gasteiger partial charge on any atom is -0.368 e. The molecule has 0 fully saturated rings. The van der Waals surface area contributed by atoms with Crippen molar-refractivity contribution in [3.63, 3.8) is 0 Å². The summed E-state index contributed by atoms with van der Waals surface area (Å²) in [5, 5.41) is 6.76. The molecular formula is C21H18N4O2. The topological polar surface area (TPSA) is 80.7 Å². The fourth-order valence-corrected chi connectivity index (χ4v) is 3.27. The van der Waals surface area contributed by atoms with Crippen LogP contribution in [0.15, 0.2) is 71.5 Å². The number of primary amides is 1. The molecule has 6 nitrogen and oxygen atoms in total. The third-order valence-electron chi connectivity index (χ3n) is 4.51. The highest BCUT2D eigenvalue weighted by Crippen LogP contribution is 2.28. The van der Waals surface area contributed by atoms with E-state index in [2.05, 4.69) is 5.10 Å². The summed E-state index contributed by atoms with van der Waals surface area (Å²) in [5.74, 6) is -0.592. The highest BCUT2D eigenvalue weighted by Gasteiger charge is 2.28. The van der Waals surface area contributed by atoms with Crippen LogP contribution in [0.5, 0.6) is 0 Å². The first-order valence-corrected chi connectivity index (χ1v) is 8.57. The Hall–Kier alpha value is -3.67. The number of anilines is 1. The molecule has 134 valence electrons. The maximum absolute atomic E-state index is 12.9. The van der Waals surface area contributed by atoms with Gasteiger partial charge in [0.1, 0.15) is 6.54 Å². The summed E-state index contributed by atoms with van der Waals surface area (Å²) in [4.78, 5) is 24.3. The number of hydrazone groups is 1. The van der Waals surface area contributed by atoms with Crippen molar-refractivity contribution in [3.05, 3.63) is 71.9 Å². The molecule has 0 bridgehead atoms. The quantitative estimate of drug-likeness (QED) is 0.728. The molecule has 1 aliphatic heterocycles. The Kier molecular flexibility index (Phi) is 4.08. The number of para-hydroxylation sites is 2. The van der Waals surface area contributed by atoms with Gasteiger partial charge in [-0.25, -0.2) is 0 Å². The first kappa shape index (κ1) is 16.8. The van der Waals surface area contributed by atoms with Gasteiger partial charge in [-0.05, 0) is 31.2 Å². The predicted molar refractivity (Wildman–Crippen MR) is 106 cm³/mol. The number of amides is 2. The first-order valence-electron chi connectivity index (χ1n) is 8.57. The van der Waals surface area contributed by atoms with Gasteiger partial charge in [-0.15, -0.1) is 0 Å². The molecule has 2 heterocycles. The van der Waals surface area contributed by atoms with Crippen LogP contribution in [0, 0.1) is 0 Å². The van der Waals surface area contributed by atoms with Gasteiger partial charge < -0.3 is 10.3 Å². The van der Waals surface area contributed by atoms with Crippen molar-refractivity contribution in [2.45, 2.75) is 13.5 Å². The highest BCUT2D eigenvalue weighted by molar-refractivity contribution is 6.32. The van der Waals surface area contributed by atoms with E-state index in [1.54, 1.807) is 4.57 Å². The Morgan fingerprint density at radius 2 is 1.81 bits per heavy atom. The number of rotatable bonds is 4. The lowest BCUT2D eigenvalue weighted by atomic mass is 10.1. The lowest BCUT2D eigenvalue weighted by molar-refractivity contribution is -0.118. The molecule has 0 spiro atoms. The van der Waals surface area contributed by atoms with Crippen molar-refractivity contribution in [1.82, 2.24) is 4.57 Å². The summed E-state index contributed by atoms with van der Waals surface area (Å²) in [6.07, 6.45) is 3.66. The zero-order valence-corrected chi connectivity index (χ0v) is 14.8. The monoisotopic (exact) mass is 358 g/mol. The van der Waals surface area contributed by atoms with E-state index in [1.165, 1.54) is 5.01 Å². The number of hydrogen-bond donors (Lipinski definition) is 1. The summed E-state index contributed by atoms with van der Waals surface area (Å²) >= 11 is 0.